The highest BCUT2D eigenvalue weighted by Crippen LogP contribution is 2.33. The van der Waals surface area contributed by atoms with Gasteiger partial charge >= 0.3 is 12.1 Å². The molecule has 0 radical (unpaired) electrons. The van der Waals surface area contributed by atoms with Crippen molar-refractivity contribution in [1.82, 2.24) is 4.90 Å². The molecule has 1 aliphatic heterocycles. The van der Waals surface area contributed by atoms with Crippen molar-refractivity contribution in [3.63, 3.8) is 0 Å². The number of carboxylic acids is 1. The fourth-order valence-electron chi connectivity index (χ4n) is 3.24. The lowest BCUT2D eigenvalue weighted by Crippen LogP contribution is -2.38. The Balaban J connectivity index is 1.68. The van der Waals surface area contributed by atoms with E-state index in [9.17, 15) is 23.1 Å². The molecule has 2 aromatic rings. The maximum absolute atomic E-state index is 12.8. The lowest BCUT2D eigenvalue weighted by atomic mass is 9.98. The molecule has 144 valence electrons. The molecule has 1 N–H and O–H groups in total. The van der Waals surface area contributed by atoms with Crippen LogP contribution in [0.25, 0.3) is 0 Å². The second-order valence-corrected chi connectivity index (χ2v) is 6.69. The molecular formula is C20H20F3NO3. The van der Waals surface area contributed by atoms with Crippen molar-refractivity contribution < 1.29 is 27.8 Å². The molecule has 0 aromatic heterocycles. The molecule has 27 heavy (non-hydrogen) atoms. The van der Waals surface area contributed by atoms with Gasteiger partial charge in [-0.05, 0) is 55.3 Å². The molecule has 1 heterocycles. The minimum Gasteiger partial charge on any atom is -0.481 e. The molecule has 4 nitrogen and oxygen atoms in total. The molecule has 0 saturated carbocycles. The molecule has 1 aliphatic rings. The zero-order valence-electron chi connectivity index (χ0n) is 14.6. The number of ether oxygens (including phenoxy) is 1. The van der Waals surface area contributed by atoms with Crippen molar-refractivity contribution in [1.29, 1.82) is 0 Å². The van der Waals surface area contributed by atoms with E-state index in [1.54, 1.807) is 18.2 Å². The normalized spacial score (nSPS) is 18.3. The van der Waals surface area contributed by atoms with Gasteiger partial charge in [0.15, 0.2) is 0 Å². The summed E-state index contributed by atoms with van der Waals surface area (Å²) in [4.78, 5) is 13.3. The molecule has 3 rings (SSSR count). The van der Waals surface area contributed by atoms with Gasteiger partial charge in [0, 0.05) is 13.1 Å². The number of carboxylic acid groups (broad SMARTS) is 1. The van der Waals surface area contributed by atoms with E-state index in [0.29, 0.717) is 25.3 Å². The van der Waals surface area contributed by atoms with Gasteiger partial charge in [-0.3, -0.25) is 9.69 Å². The van der Waals surface area contributed by atoms with Crippen molar-refractivity contribution in [2.75, 3.05) is 13.1 Å². The van der Waals surface area contributed by atoms with Crippen molar-refractivity contribution in [2.24, 2.45) is 5.92 Å². The monoisotopic (exact) mass is 379 g/mol. The lowest BCUT2D eigenvalue weighted by Gasteiger charge is -2.30. The predicted octanol–water partition coefficient (Wildman–Crippen LogP) is 4.79. The standard InChI is InChI=1S/C20H20F3NO3/c21-20(22,23)16-6-2-8-18(11-16)27-17-7-1-4-14(10-17)12-24-9-3-5-15(13-24)19(25)26/h1-2,4,6-8,10-11,15H,3,5,9,12-13H2,(H,25,26). The zero-order valence-corrected chi connectivity index (χ0v) is 14.6. The van der Waals surface area contributed by atoms with Gasteiger partial charge in [-0.1, -0.05) is 18.2 Å². The first-order valence-corrected chi connectivity index (χ1v) is 8.70. The number of benzene rings is 2. The Bertz CT molecular complexity index is 807. The summed E-state index contributed by atoms with van der Waals surface area (Å²) in [5.41, 5.74) is 0.162. The summed E-state index contributed by atoms with van der Waals surface area (Å²) in [5, 5.41) is 9.18. The minimum absolute atomic E-state index is 0.117. The number of likely N-dealkylation sites (tertiary alicyclic amines) is 1. The number of hydrogen-bond donors (Lipinski definition) is 1. The van der Waals surface area contributed by atoms with Crippen molar-refractivity contribution >= 4 is 5.97 Å². The van der Waals surface area contributed by atoms with E-state index in [-0.39, 0.29) is 11.7 Å². The maximum atomic E-state index is 12.8. The number of carbonyl (C=O) groups is 1. The van der Waals surface area contributed by atoms with E-state index < -0.39 is 17.7 Å². The number of nitrogens with zero attached hydrogens (tertiary/aromatic N) is 1. The summed E-state index contributed by atoms with van der Waals surface area (Å²) in [7, 11) is 0. The van der Waals surface area contributed by atoms with Crippen LogP contribution in [0.5, 0.6) is 11.5 Å². The van der Waals surface area contributed by atoms with Crippen molar-refractivity contribution in [2.45, 2.75) is 25.6 Å². The van der Waals surface area contributed by atoms with Gasteiger partial charge < -0.3 is 9.84 Å². The molecule has 0 spiro atoms. The third-order valence-corrected chi connectivity index (χ3v) is 4.56. The van der Waals surface area contributed by atoms with E-state index in [2.05, 4.69) is 4.90 Å². The molecule has 1 fully saturated rings. The van der Waals surface area contributed by atoms with E-state index in [4.69, 9.17) is 4.74 Å². The molecule has 0 amide bonds. The number of alkyl halides is 3. The van der Waals surface area contributed by atoms with Gasteiger partial charge in [0.1, 0.15) is 11.5 Å². The summed E-state index contributed by atoms with van der Waals surface area (Å²) in [6, 6.07) is 11.9. The first-order valence-electron chi connectivity index (χ1n) is 8.70. The molecule has 0 aliphatic carbocycles. The Hall–Kier alpha value is -2.54. The van der Waals surface area contributed by atoms with Gasteiger partial charge in [-0.2, -0.15) is 13.2 Å². The van der Waals surface area contributed by atoms with Gasteiger partial charge in [0.05, 0.1) is 11.5 Å². The van der Waals surface area contributed by atoms with Crippen LogP contribution in [-0.2, 0) is 17.5 Å². The summed E-state index contributed by atoms with van der Waals surface area (Å²) in [5.74, 6) is -0.575. The van der Waals surface area contributed by atoms with Crippen LogP contribution >= 0.6 is 0 Å². The van der Waals surface area contributed by atoms with E-state index in [1.807, 2.05) is 6.07 Å². The average Bonchev–Trinajstić information content (AvgIpc) is 2.62. The molecular weight excluding hydrogens is 359 g/mol. The molecule has 7 heteroatoms. The van der Waals surface area contributed by atoms with Gasteiger partial charge in [-0.25, -0.2) is 0 Å². The maximum Gasteiger partial charge on any atom is 0.416 e. The van der Waals surface area contributed by atoms with Gasteiger partial charge in [0.2, 0.25) is 0 Å². The fraction of sp³-hybridized carbons (Fsp3) is 0.350. The second-order valence-electron chi connectivity index (χ2n) is 6.69. The van der Waals surface area contributed by atoms with E-state index >= 15 is 0 Å². The number of piperidine rings is 1. The average molecular weight is 379 g/mol. The lowest BCUT2D eigenvalue weighted by molar-refractivity contribution is -0.143. The number of aliphatic carboxylic acids is 1. The third kappa shape index (κ3) is 5.23. The van der Waals surface area contributed by atoms with Crippen LogP contribution in [0, 0.1) is 5.92 Å². The first-order chi connectivity index (χ1) is 12.8. The van der Waals surface area contributed by atoms with Crippen LogP contribution in [0.1, 0.15) is 24.0 Å². The Morgan fingerprint density at radius 2 is 1.85 bits per heavy atom. The van der Waals surface area contributed by atoms with Crippen LogP contribution < -0.4 is 4.74 Å². The van der Waals surface area contributed by atoms with E-state index in [1.165, 1.54) is 12.1 Å². The highest BCUT2D eigenvalue weighted by Gasteiger charge is 2.30. The van der Waals surface area contributed by atoms with Crippen LogP contribution in [-0.4, -0.2) is 29.1 Å². The summed E-state index contributed by atoms with van der Waals surface area (Å²) >= 11 is 0. The summed E-state index contributed by atoms with van der Waals surface area (Å²) < 4.78 is 44.0. The number of halogens is 3. The highest BCUT2D eigenvalue weighted by atomic mass is 19.4. The topological polar surface area (TPSA) is 49.8 Å². The van der Waals surface area contributed by atoms with Crippen LogP contribution in [0.15, 0.2) is 48.5 Å². The van der Waals surface area contributed by atoms with Gasteiger partial charge in [0.25, 0.3) is 0 Å². The second kappa shape index (κ2) is 8.00. The molecule has 1 atom stereocenters. The molecule has 2 aromatic carbocycles. The molecule has 1 unspecified atom stereocenters. The van der Waals surface area contributed by atoms with Crippen LogP contribution in [0.3, 0.4) is 0 Å². The van der Waals surface area contributed by atoms with Crippen molar-refractivity contribution in [3.8, 4) is 11.5 Å². The van der Waals surface area contributed by atoms with E-state index in [0.717, 1.165) is 30.7 Å². The highest BCUT2D eigenvalue weighted by molar-refractivity contribution is 5.70. The largest absolute Gasteiger partial charge is 0.481 e. The number of rotatable bonds is 5. The Labute approximate surface area is 155 Å². The summed E-state index contributed by atoms with van der Waals surface area (Å²) in [6.45, 7) is 1.89. The minimum atomic E-state index is -4.42. The Morgan fingerprint density at radius 1 is 1.15 bits per heavy atom. The van der Waals surface area contributed by atoms with Crippen molar-refractivity contribution in [3.05, 3.63) is 59.7 Å². The van der Waals surface area contributed by atoms with Gasteiger partial charge in [-0.15, -0.1) is 0 Å². The quantitative estimate of drug-likeness (QED) is 0.811. The zero-order chi connectivity index (χ0) is 19.4. The number of hydrogen-bond acceptors (Lipinski definition) is 3. The first kappa shape index (κ1) is 19.2. The summed E-state index contributed by atoms with van der Waals surface area (Å²) in [6.07, 6.45) is -2.90. The fourth-order valence-corrected chi connectivity index (χ4v) is 3.24. The third-order valence-electron chi connectivity index (χ3n) is 4.56. The smallest absolute Gasteiger partial charge is 0.416 e. The SMILES string of the molecule is O=C(O)C1CCCN(Cc2cccc(Oc3cccc(C(F)(F)F)c3)c2)C1. The Kier molecular flexibility index (Phi) is 5.70. The molecule has 0 bridgehead atoms. The predicted molar refractivity (Wildman–Crippen MR) is 93.6 cm³/mol. The van der Waals surface area contributed by atoms with Crippen LogP contribution in [0.2, 0.25) is 0 Å². The molecule has 1 saturated heterocycles. The Morgan fingerprint density at radius 3 is 2.56 bits per heavy atom. The van der Waals surface area contributed by atoms with Crippen LogP contribution in [0.4, 0.5) is 13.2 Å².